The molecular formula is C17H27NO2. The van der Waals surface area contributed by atoms with Gasteiger partial charge in [-0.15, -0.1) is 0 Å². The first-order valence-corrected chi connectivity index (χ1v) is 7.43. The van der Waals surface area contributed by atoms with Gasteiger partial charge < -0.3 is 10.5 Å². The normalized spacial score (nSPS) is 11.3. The molecule has 0 aliphatic carbocycles. The molecule has 1 aromatic carbocycles. The molecule has 0 saturated heterocycles. The predicted molar refractivity (Wildman–Crippen MR) is 82.4 cm³/mol. The highest BCUT2D eigenvalue weighted by Crippen LogP contribution is 2.25. The second kappa shape index (κ2) is 8.75. The molecule has 0 spiro atoms. The van der Waals surface area contributed by atoms with Crippen molar-refractivity contribution in [3.63, 3.8) is 0 Å². The molecule has 0 heterocycles. The predicted octanol–water partition coefficient (Wildman–Crippen LogP) is 3.32. The van der Waals surface area contributed by atoms with Crippen molar-refractivity contribution in [3.05, 3.63) is 35.9 Å². The van der Waals surface area contributed by atoms with Gasteiger partial charge in [-0.05, 0) is 43.2 Å². The zero-order valence-corrected chi connectivity index (χ0v) is 12.7. The maximum atomic E-state index is 11.7. The summed E-state index contributed by atoms with van der Waals surface area (Å²) < 4.78 is 5.27. The van der Waals surface area contributed by atoms with Crippen molar-refractivity contribution in [2.75, 3.05) is 13.2 Å². The molecule has 0 bridgehead atoms. The average Bonchev–Trinajstić information content (AvgIpc) is 2.43. The number of nitrogens with two attached hydrogens (primary N) is 1. The second-order valence-corrected chi connectivity index (χ2v) is 6.01. The molecule has 112 valence electrons. The van der Waals surface area contributed by atoms with Crippen LogP contribution >= 0.6 is 0 Å². The van der Waals surface area contributed by atoms with Crippen LogP contribution in [-0.2, 0) is 16.0 Å². The Balaban J connectivity index is 2.11. The fraction of sp³-hybridized carbons (Fsp3) is 0.588. The first kappa shape index (κ1) is 16.7. The minimum absolute atomic E-state index is 0.0943. The summed E-state index contributed by atoms with van der Waals surface area (Å²) in [7, 11) is 0. The molecule has 0 amide bonds. The Hall–Kier alpha value is -1.35. The standard InChI is InChI=1S/C17H27NO2/c1-17(2,12-13-18)11-10-16(19)20-14-6-9-15-7-4-3-5-8-15/h3-5,7-8H,6,9-14,18H2,1-2H3. The molecule has 20 heavy (non-hydrogen) atoms. The molecule has 0 fully saturated rings. The molecule has 3 nitrogen and oxygen atoms in total. The molecule has 0 unspecified atom stereocenters. The van der Waals surface area contributed by atoms with E-state index in [1.807, 2.05) is 18.2 Å². The van der Waals surface area contributed by atoms with Crippen LogP contribution in [0.25, 0.3) is 0 Å². The summed E-state index contributed by atoms with van der Waals surface area (Å²) in [5.41, 5.74) is 6.97. The lowest BCUT2D eigenvalue weighted by molar-refractivity contribution is -0.144. The molecular weight excluding hydrogens is 250 g/mol. The van der Waals surface area contributed by atoms with Gasteiger partial charge in [0, 0.05) is 6.42 Å². The molecule has 0 aromatic heterocycles. The summed E-state index contributed by atoms with van der Waals surface area (Å²) in [6, 6.07) is 10.3. The maximum absolute atomic E-state index is 11.7. The van der Waals surface area contributed by atoms with E-state index in [0.717, 1.165) is 25.7 Å². The molecule has 0 aliphatic rings. The highest BCUT2D eigenvalue weighted by molar-refractivity contribution is 5.69. The van der Waals surface area contributed by atoms with Crippen molar-refractivity contribution < 1.29 is 9.53 Å². The van der Waals surface area contributed by atoms with Gasteiger partial charge in [-0.3, -0.25) is 4.79 Å². The Labute approximate surface area is 122 Å². The van der Waals surface area contributed by atoms with E-state index in [2.05, 4.69) is 26.0 Å². The van der Waals surface area contributed by atoms with Crippen LogP contribution in [0.1, 0.15) is 45.1 Å². The molecule has 0 aliphatic heterocycles. The Morgan fingerprint density at radius 3 is 2.55 bits per heavy atom. The molecule has 2 N–H and O–H groups in total. The number of ether oxygens (including phenoxy) is 1. The van der Waals surface area contributed by atoms with Gasteiger partial charge in [0.05, 0.1) is 6.61 Å². The number of esters is 1. The minimum atomic E-state index is -0.0943. The summed E-state index contributed by atoms with van der Waals surface area (Å²) in [4.78, 5) is 11.7. The Morgan fingerprint density at radius 1 is 1.20 bits per heavy atom. The number of aryl methyl sites for hydroxylation is 1. The zero-order chi connectivity index (χ0) is 14.8. The highest BCUT2D eigenvalue weighted by atomic mass is 16.5. The third kappa shape index (κ3) is 7.29. The Bertz CT molecular complexity index is 387. The molecule has 1 rings (SSSR count). The summed E-state index contributed by atoms with van der Waals surface area (Å²) in [6.45, 7) is 5.45. The van der Waals surface area contributed by atoms with E-state index in [4.69, 9.17) is 10.5 Å². The number of benzene rings is 1. The van der Waals surface area contributed by atoms with Crippen molar-refractivity contribution in [1.82, 2.24) is 0 Å². The van der Waals surface area contributed by atoms with E-state index in [1.165, 1.54) is 5.56 Å². The van der Waals surface area contributed by atoms with Crippen molar-refractivity contribution in [1.29, 1.82) is 0 Å². The van der Waals surface area contributed by atoms with E-state index in [-0.39, 0.29) is 11.4 Å². The van der Waals surface area contributed by atoms with Crippen LogP contribution in [0.3, 0.4) is 0 Å². The van der Waals surface area contributed by atoms with Crippen LogP contribution in [0.5, 0.6) is 0 Å². The fourth-order valence-corrected chi connectivity index (χ4v) is 2.14. The Kier molecular flexibility index (Phi) is 7.31. The van der Waals surface area contributed by atoms with Crippen LogP contribution < -0.4 is 5.73 Å². The quantitative estimate of drug-likeness (QED) is 0.556. The van der Waals surface area contributed by atoms with E-state index < -0.39 is 0 Å². The number of rotatable bonds is 9. The lowest BCUT2D eigenvalue weighted by atomic mass is 9.84. The molecule has 3 heteroatoms. The average molecular weight is 277 g/mol. The van der Waals surface area contributed by atoms with Crippen LogP contribution in [0, 0.1) is 5.41 Å². The molecule has 1 aromatic rings. The van der Waals surface area contributed by atoms with Gasteiger partial charge in [-0.25, -0.2) is 0 Å². The lowest BCUT2D eigenvalue weighted by Crippen LogP contribution is -2.19. The lowest BCUT2D eigenvalue weighted by Gasteiger charge is -2.23. The number of hydrogen-bond acceptors (Lipinski definition) is 3. The second-order valence-electron chi connectivity index (χ2n) is 6.01. The monoisotopic (exact) mass is 277 g/mol. The summed E-state index contributed by atoms with van der Waals surface area (Å²) in [5.74, 6) is -0.0943. The first-order chi connectivity index (χ1) is 9.53. The van der Waals surface area contributed by atoms with Gasteiger partial charge in [-0.1, -0.05) is 44.2 Å². The van der Waals surface area contributed by atoms with Crippen LogP contribution in [0.15, 0.2) is 30.3 Å². The third-order valence-electron chi connectivity index (χ3n) is 3.54. The summed E-state index contributed by atoms with van der Waals surface area (Å²) in [5, 5.41) is 0. The van der Waals surface area contributed by atoms with Crippen molar-refractivity contribution in [2.45, 2.75) is 46.0 Å². The smallest absolute Gasteiger partial charge is 0.305 e. The molecule has 0 radical (unpaired) electrons. The van der Waals surface area contributed by atoms with E-state index in [1.54, 1.807) is 0 Å². The number of carbonyl (C=O) groups excluding carboxylic acids is 1. The van der Waals surface area contributed by atoms with Gasteiger partial charge in [-0.2, -0.15) is 0 Å². The molecule has 0 atom stereocenters. The van der Waals surface area contributed by atoms with Gasteiger partial charge in [0.1, 0.15) is 0 Å². The summed E-state index contributed by atoms with van der Waals surface area (Å²) in [6.07, 6.45) is 4.09. The number of hydrogen-bond donors (Lipinski definition) is 1. The maximum Gasteiger partial charge on any atom is 0.305 e. The SMILES string of the molecule is CC(C)(CCN)CCC(=O)OCCCc1ccccc1. The van der Waals surface area contributed by atoms with E-state index in [0.29, 0.717) is 19.6 Å². The zero-order valence-electron chi connectivity index (χ0n) is 12.7. The van der Waals surface area contributed by atoms with Crippen LogP contribution in [0.2, 0.25) is 0 Å². The van der Waals surface area contributed by atoms with Gasteiger partial charge in [0.15, 0.2) is 0 Å². The van der Waals surface area contributed by atoms with Crippen LogP contribution in [0.4, 0.5) is 0 Å². The van der Waals surface area contributed by atoms with Gasteiger partial charge in [0.25, 0.3) is 0 Å². The third-order valence-corrected chi connectivity index (χ3v) is 3.54. The van der Waals surface area contributed by atoms with Gasteiger partial charge >= 0.3 is 5.97 Å². The van der Waals surface area contributed by atoms with Crippen molar-refractivity contribution in [2.24, 2.45) is 11.1 Å². The summed E-state index contributed by atoms with van der Waals surface area (Å²) >= 11 is 0. The van der Waals surface area contributed by atoms with Crippen molar-refractivity contribution in [3.8, 4) is 0 Å². The van der Waals surface area contributed by atoms with E-state index >= 15 is 0 Å². The Morgan fingerprint density at radius 2 is 1.90 bits per heavy atom. The minimum Gasteiger partial charge on any atom is -0.466 e. The first-order valence-electron chi connectivity index (χ1n) is 7.43. The van der Waals surface area contributed by atoms with Crippen molar-refractivity contribution >= 4 is 5.97 Å². The van der Waals surface area contributed by atoms with Crippen LogP contribution in [-0.4, -0.2) is 19.1 Å². The fourth-order valence-electron chi connectivity index (χ4n) is 2.14. The van der Waals surface area contributed by atoms with Gasteiger partial charge in [0.2, 0.25) is 0 Å². The largest absolute Gasteiger partial charge is 0.466 e. The topological polar surface area (TPSA) is 52.3 Å². The number of carbonyl (C=O) groups is 1. The molecule has 0 saturated carbocycles. The highest BCUT2D eigenvalue weighted by Gasteiger charge is 2.18. The van der Waals surface area contributed by atoms with E-state index in [9.17, 15) is 4.79 Å².